The van der Waals surface area contributed by atoms with Crippen molar-refractivity contribution >= 4 is 40.8 Å². The summed E-state index contributed by atoms with van der Waals surface area (Å²) in [7, 11) is 0. The molecule has 40 heavy (non-hydrogen) atoms. The van der Waals surface area contributed by atoms with Gasteiger partial charge in [-0.15, -0.1) is 11.8 Å². The van der Waals surface area contributed by atoms with Crippen LogP contribution >= 0.6 is 23.4 Å². The Morgan fingerprint density at radius 2 is 1.57 bits per heavy atom. The zero-order chi connectivity index (χ0) is 29.2. The first-order valence-electron chi connectivity index (χ1n) is 13.4. The van der Waals surface area contributed by atoms with Gasteiger partial charge in [0, 0.05) is 40.4 Å². The Labute approximate surface area is 246 Å². The van der Waals surface area contributed by atoms with Crippen LogP contribution in [0.5, 0.6) is 5.75 Å². The molecule has 1 aliphatic rings. The third-order valence-corrected chi connectivity index (χ3v) is 8.76. The summed E-state index contributed by atoms with van der Waals surface area (Å²) in [6.07, 6.45) is 2.25. The number of aryl methyl sites for hydroxylation is 2. The molecule has 3 aromatic carbocycles. The van der Waals surface area contributed by atoms with Crippen molar-refractivity contribution in [3.8, 4) is 5.75 Å². The third kappa shape index (κ3) is 6.61. The summed E-state index contributed by atoms with van der Waals surface area (Å²) in [5.74, 6) is 0.0831. The van der Waals surface area contributed by atoms with Crippen LogP contribution in [-0.4, -0.2) is 47.3 Å². The first-order chi connectivity index (χ1) is 18.9. The average molecular weight is 578 g/mol. The summed E-state index contributed by atoms with van der Waals surface area (Å²) in [5, 5.41) is 0.625. The molecule has 0 aromatic heterocycles. The highest BCUT2D eigenvalue weighted by Gasteiger charge is 2.41. The van der Waals surface area contributed by atoms with Gasteiger partial charge in [-0.3, -0.25) is 14.4 Å². The number of carbonyl (C=O) groups is 3. The molecule has 0 bridgehead atoms. The molecular weight excluding hydrogens is 542 g/mol. The summed E-state index contributed by atoms with van der Waals surface area (Å²) < 4.78 is 6.15. The fourth-order valence-electron chi connectivity index (χ4n) is 5.15. The highest BCUT2D eigenvalue weighted by Crippen LogP contribution is 2.39. The van der Waals surface area contributed by atoms with Crippen LogP contribution in [0, 0.1) is 19.8 Å². The number of amides is 1. The van der Waals surface area contributed by atoms with Gasteiger partial charge in [0.05, 0.1) is 6.42 Å². The van der Waals surface area contributed by atoms with E-state index in [1.165, 1.54) is 6.92 Å². The second-order valence-corrected chi connectivity index (χ2v) is 12.4. The van der Waals surface area contributed by atoms with E-state index in [1.54, 1.807) is 37.7 Å². The van der Waals surface area contributed by atoms with Gasteiger partial charge in [0.2, 0.25) is 5.91 Å². The van der Waals surface area contributed by atoms with E-state index in [4.69, 9.17) is 16.3 Å². The van der Waals surface area contributed by atoms with Gasteiger partial charge in [-0.2, -0.15) is 0 Å². The molecule has 0 radical (unpaired) electrons. The van der Waals surface area contributed by atoms with Crippen molar-refractivity contribution < 1.29 is 19.1 Å². The Balaban J connectivity index is 1.66. The number of benzene rings is 3. The smallest absolute Gasteiger partial charge is 0.227 e. The van der Waals surface area contributed by atoms with Crippen molar-refractivity contribution in [2.24, 2.45) is 5.92 Å². The predicted molar refractivity (Wildman–Crippen MR) is 162 cm³/mol. The quantitative estimate of drug-likeness (QED) is 0.201. The molecule has 1 aliphatic heterocycles. The Kier molecular flexibility index (Phi) is 9.11. The van der Waals surface area contributed by atoms with Crippen LogP contribution in [0.25, 0.3) is 0 Å². The third-order valence-electron chi connectivity index (χ3n) is 7.77. The molecule has 0 spiro atoms. The number of nitrogens with zero attached hydrogens (tertiary/aromatic N) is 1. The molecular formula is C33H36ClNO4S. The van der Waals surface area contributed by atoms with Gasteiger partial charge in [-0.1, -0.05) is 48.0 Å². The van der Waals surface area contributed by atoms with Gasteiger partial charge >= 0.3 is 0 Å². The standard InChI is InChI=1S/C33H36ClNO4S/c1-20-15-25(16-21(2)32(20)39-33(4,5)22(3)36)28-18-35(30(37)17-23-7-11-26(34)12-8-23)19-29(28)31(38)24-9-13-27(40-6)14-10-24/h7-16,28-29H,17-19H2,1-6H3. The number of Topliss-reactive ketones (excluding diaryl/α,β-unsaturated/α-hetero) is 2. The van der Waals surface area contributed by atoms with E-state index < -0.39 is 5.60 Å². The van der Waals surface area contributed by atoms with Gasteiger partial charge in [-0.25, -0.2) is 0 Å². The summed E-state index contributed by atoms with van der Waals surface area (Å²) in [6, 6.07) is 19.0. The summed E-state index contributed by atoms with van der Waals surface area (Å²) in [5.41, 5.74) is 3.36. The first-order valence-corrected chi connectivity index (χ1v) is 15.0. The van der Waals surface area contributed by atoms with Gasteiger partial charge in [0.15, 0.2) is 17.2 Å². The Bertz CT molecular complexity index is 1390. The number of halogens is 1. The molecule has 4 rings (SSSR count). The summed E-state index contributed by atoms with van der Waals surface area (Å²) in [6.45, 7) is 9.77. The number of thioether (sulfide) groups is 1. The zero-order valence-electron chi connectivity index (χ0n) is 23.9. The minimum Gasteiger partial charge on any atom is -0.480 e. The van der Waals surface area contributed by atoms with Crippen molar-refractivity contribution in [3.63, 3.8) is 0 Å². The maximum Gasteiger partial charge on any atom is 0.227 e. The number of likely N-dealkylation sites (tertiary alicyclic amines) is 1. The van der Waals surface area contributed by atoms with E-state index in [-0.39, 0.29) is 35.7 Å². The van der Waals surface area contributed by atoms with Crippen LogP contribution < -0.4 is 4.74 Å². The Hall–Kier alpha value is -3.09. The summed E-state index contributed by atoms with van der Waals surface area (Å²) >= 11 is 7.65. The van der Waals surface area contributed by atoms with E-state index in [2.05, 4.69) is 0 Å². The first kappa shape index (κ1) is 29.9. The fraction of sp³-hybridized carbons (Fsp3) is 0.364. The number of ether oxygens (including phenoxy) is 1. The van der Waals surface area contributed by atoms with Crippen LogP contribution in [0.2, 0.25) is 5.02 Å². The van der Waals surface area contributed by atoms with Crippen molar-refractivity contribution in [3.05, 3.63) is 93.5 Å². The van der Waals surface area contributed by atoms with Crippen LogP contribution in [0.15, 0.2) is 65.6 Å². The van der Waals surface area contributed by atoms with E-state index in [0.29, 0.717) is 29.4 Å². The van der Waals surface area contributed by atoms with Crippen LogP contribution in [-0.2, 0) is 16.0 Å². The minimum atomic E-state index is -0.948. The van der Waals surface area contributed by atoms with E-state index >= 15 is 0 Å². The molecule has 0 aliphatic carbocycles. The van der Waals surface area contributed by atoms with Crippen LogP contribution in [0.3, 0.4) is 0 Å². The highest BCUT2D eigenvalue weighted by atomic mass is 35.5. The van der Waals surface area contributed by atoms with Crippen LogP contribution in [0.4, 0.5) is 0 Å². The predicted octanol–water partition coefficient (Wildman–Crippen LogP) is 7.09. The molecule has 7 heteroatoms. The molecule has 0 N–H and O–H groups in total. The molecule has 1 fully saturated rings. The van der Waals surface area contributed by atoms with Crippen LogP contribution in [0.1, 0.15) is 59.3 Å². The second kappa shape index (κ2) is 12.2. The highest BCUT2D eigenvalue weighted by molar-refractivity contribution is 7.98. The summed E-state index contributed by atoms with van der Waals surface area (Å²) in [4.78, 5) is 42.3. The molecule has 1 saturated heterocycles. The number of hydrogen-bond donors (Lipinski definition) is 0. The van der Waals surface area contributed by atoms with E-state index in [0.717, 1.165) is 27.1 Å². The van der Waals surface area contributed by atoms with E-state index in [1.807, 2.05) is 73.5 Å². The number of ketones is 2. The molecule has 0 saturated carbocycles. The molecule has 1 heterocycles. The lowest BCUT2D eigenvalue weighted by atomic mass is 9.82. The van der Waals surface area contributed by atoms with Crippen molar-refractivity contribution in [2.75, 3.05) is 19.3 Å². The molecule has 5 nitrogen and oxygen atoms in total. The Morgan fingerprint density at radius 1 is 0.975 bits per heavy atom. The fourth-order valence-corrected chi connectivity index (χ4v) is 5.69. The van der Waals surface area contributed by atoms with Crippen molar-refractivity contribution in [1.82, 2.24) is 4.90 Å². The normalized spacial score (nSPS) is 17.1. The van der Waals surface area contributed by atoms with Crippen molar-refractivity contribution in [1.29, 1.82) is 0 Å². The lowest BCUT2D eigenvalue weighted by molar-refractivity contribution is -0.130. The maximum atomic E-state index is 13.9. The molecule has 2 atom stereocenters. The minimum absolute atomic E-state index is 0.0167. The molecule has 1 amide bonds. The maximum absolute atomic E-state index is 13.9. The molecule has 210 valence electrons. The number of hydrogen-bond acceptors (Lipinski definition) is 5. The lowest BCUT2D eigenvalue weighted by Crippen LogP contribution is -2.36. The monoisotopic (exact) mass is 577 g/mol. The van der Waals surface area contributed by atoms with Gasteiger partial charge in [0.25, 0.3) is 0 Å². The van der Waals surface area contributed by atoms with E-state index in [9.17, 15) is 14.4 Å². The largest absolute Gasteiger partial charge is 0.480 e. The zero-order valence-corrected chi connectivity index (χ0v) is 25.5. The number of rotatable bonds is 9. The number of carbonyl (C=O) groups excluding carboxylic acids is 3. The molecule has 3 aromatic rings. The van der Waals surface area contributed by atoms with Gasteiger partial charge < -0.3 is 9.64 Å². The van der Waals surface area contributed by atoms with Gasteiger partial charge in [0.1, 0.15) is 5.75 Å². The SMILES string of the molecule is CSc1ccc(C(=O)C2CN(C(=O)Cc3ccc(Cl)cc3)CC2c2cc(C)c(OC(C)(C)C(C)=O)c(C)c2)cc1. The molecule has 2 unspecified atom stereocenters. The lowest BCUT2D eigenvalue weighted by Gasteiger charge is -2.27. The second-order valence-electron chi connectivity index (χ2n) is 11.1. The van der Waals surface area contributed by atoms with Gasteiger partial charge in [-0.05, 0) is 87.4 Å². The van der Waals surface area contributed by atoms with Crippen molar-refractivity contribution in [2.45, 2.75) is 57.5 Å². The topological polar surface area (TPSA) is 63.7 Å². The Morgan fingerprint density at radius 3 is 2.12 bits per heavy atom. The average Bonchev–Trinajstić information content (AvgIpc) is 3.37.